The number of carbonyl (C=O) groups excluding carboxylic acids is 2. The van der Waals surface area contributed by atoms with Gasteiger partial charge >= 0.3 is 7.12 Å². The molecule has 7 heteroatoms. The number of carbonyl (C=O) groups is 2. The third kappa shape index (κ3) is 3.86. The van der Waals surface area contributed by atoms with Crippen LogP contribution in [-0.2, 0) is 11.2 Å². The van der Waals surface area contributed by atoms with Crippen molar-refractivity contribution in [2.24, 2.45) is 0 Å². The van der Waals surface area contributed by atoms with Crippen molar-refractivity contribution in [2.45, 2.75) is 38.0 Å². The Labute approximate surface area is 142 Å². The highest BCUT2D eigenvalue weighted by atomic mass is 16.5. The van der Waals surface area contributed by atoms with Crippen LogP contribution in [0.4, 0.5) is 0 Å². The molecule has 1 aromatic carbocycles. The van der Waals surface area contributed by atoms with Gasteiger partial charge in [0.2, 0.25) is 0 Å². The fourth-order valence-corrected chi connectivity index (χ4v) is 3.39. The highest BCUT2D eigenvalue weighted by Crippen LogP contribution is 2.36. The summed E-state index contributed by atoms with van der Waals surface area (Å²) in [6, 6.07) is 5.73. The van der Waals surface area contributed by atoms with E-state index >= 15 is 0 Å². The van der Waals surface area contributed by atoms with Crippen LogP contribution in [-0.4, -0.2) is 49.4 Å². The molecule has 128 valence electrons. The van der Waals surface area contributed by atoms with Crippen LogP contribution >= 0.6 is 0 Å². The topological polar surface area (TPSA) is 87.7 Å². The highest BCUT2D eigenvalue weighted by molar-refractivity contribution is 6.47. The van der Waals surface area contributed by atoms with E-state index in [4.69, 9.17) is 4.65 Å². The monoisotopic (exact) mass is 330 g/mol. The van der Waals surface area contributed by atoms with Gasteiger partial charge in [0.05, 0.1) is 12.1 Å². The first kappa shape index (κ1) is 17.1. The lowest BCUT2D eigenvalue weighted by Crippen LogP contribution is -2.39. The number of hydrogen-bond acceptors (Lipinski definition) is 6. The highest BCUT2D eigenvalue weighted by Gasteiger charge is 2.37. The zero-order valence-electron chi connectivity index (χ0n) is 13.9. The Balaban J connectivity index is 1.60. The van der Waals surface area contributed by atoms with E-state index in [0.717, 1.165) is 25.1 Å². The maximum atomic E-state index is 12.2. The van der Waals surface area contributed by atoms with E-state index in [1.54, 1.807) is 6.07 Å². The van der Waals surface area contributed by atoms with Crippen LogP contribution in [0.15, 0.2) is 18.2 Å². The number of Topliss-reactive ketones (excluding diaryl/α,β-unsaturated/α-hetero) is 2. The van der Waals surface area contributed by atoms with Crippen LogP contribution in [0.1, 0.15) is 35.7 Å². The van der Waals surface area contributed by atoms with E-state index in [9.17, 15) is 14.6 Å². The van der Waals surface area contributed by atoms with Gasteiger partial charge in [0, 0.05) is 24.8 Å². The summed E-state index contributed by atoms with van der Waals surface area (Å²) in [7, 11) is -1.06. The van der Waals surface area contributed by atoms with Gasteiger partial charge in [-0.3, -0.25) is 9.59 Å². The van der Waals surface area contributed by atoms with Crippen molar-refractivity contribution >= 4 is 18.7 Å². The summed E-state index contributed by atoms with van der Waals surface area (Å²) in [6.45, 7) is 3.67. The minimum absolute atomic E-state index is 0.0701. The summed E-state index contributed by atoms with van der Waals surface area (Å²) in [6.07, 6.45) is 1.83. The van der Waals surface area contributed by atoms with Gasteiger partial charge in [0.25, 0.3) is 0 Å². The summed E-state index contributed by atoms with van der Waals surface area (Å²) in [5.41, 5.74) is 1.35. The molecular formula is C17H23BN2O4. The van der Waals surface area contributed by atoms with E-state index in [2.05, 4.69) is 10.6 Å². The van der Waals surface area contributed by atoms with Crippen LogP contribution in [0, 0.1) is 0 Å². The summed E-state index contributed by atoms with van der Waals surface area (Å²) in [5, 5.41) is 16.7. The molecule has 0 unspecified atom stereocenters. The maximum absolute atomic E-state index is 12.2. The number of para-hydroxylation sites is 1. The molecule has 2 atom stereocenters. The fourth-order valence-electron chi connectivity index (χ4n) is 3.39. The van der Waals surface area contributed by atoms with Gasteiger partial charge < -0.3 is 20.3 Å². The van der Waals surface area contributed by atoms with Crippen molar-refractivity contribution in [3.8, 4) is 5.75 Å². The summed E-state index contributed by atoms with van der Waals surface area (Å²) >= 11 is 0. The molecule has 0 radical (unpaired) electrons. The number of fused-ring (bicyclic) bond motifs is 1. The van der Waals surface area contributed by atoms with Crippen molar-refractivity contribution < 1.29 is 19.3 Å². The molecule has 24 heavy (non-hydrogen) atoms. The van der Waals surface area contributed by atoms with Crippen LogP contribution in [0.5, 0.6) is 5.75 Å². The largest absolute Gasteiger partial charge is 0.535 e. The van der Waals surface area contributed by atoms with Crippen LogP contribution in [0.2, 0.25) is 5.82 Å². The Bertz CT molecular complexity index is 631. The molecule has 3 N–H and O–H groups in total. The number of benzene rings is 1. The summed E-state index contributed by atoms with van der Waals surface area (Å²) < 4.78 is 5.57. The van der Waals surface area contributed by atoms with Gasteiger partial charge in [-0.15, -0.1) is 0 Å². The molecule has 2 aliphatic heterocycles. The van der Waals surface area contributed by atoms with Crippen molar-refractivity contribution in [3.05, 3.63) is 29.3 Å². The van der Waals surface area contributed by atoms with Gasteiger partial charge in [-0.05, 0) is 37.9 Å². The molecule has 0 bridgehead atoms. The zero-order chi connectivity index (χ0) is 17.1. The lowest BCUT2D eigenvalue weighted by Gasteiger charge is -2.28. The maximum Gasteiger partial charge on any atom is 0.526 e. The first-order chi connectivity index (χ1) is 11.5. The van der Waals surface area contributed by atoms with Gasteiger partial charge in [-0.25, -0.2) is 0 Å². The first-order valence-electron chi connectivity index (χ1n) is 8.48. The standard InChI is InChI=1S/C17H23BN2O4/c1-11(21)16-4-2-3-12-7-13(18(23)24-17(12)16)8-15(22)10-20-14-5-6-19-9-14/h2-4,13-14,19-20,23H,5-10H2,1H3/t13-,14-/m1/s1. The van der Waals surface area contributed by atoms with Gasteiger partial charge in [-0.1, -0.05) is 12.1 Å². The molecule has 0 aromatic heterocycles. The van der Waals surface area contributed by atoms with Crippen LogP contribution in [0.25, 0.3) is 0 Å². The van der Waals surface area contributed by atoms with Crippen molar-refractivity contribution in [1.29, 1.82) is 0 Å². The molecule has 0 spiro atoms. The smallest absolute Gasteiger partial charge is 0.526 e. The number of hydrogen-bond donors (Lipinski definition) is 3. The van der Waals surface area contributed by atoms with Crippen molar-refractivity contribution in [1.82, 2.24) is 10.6 Å². The molecule has 1 aromatic rings. The average molecular weight is 330 g/mol. The molecule has 0 amide bonds. The SMILES string of the molecule is CC(=O)c1cccc2c1OB(O)[C@@H](CC(=O)CN[C@@H]1CCNC1)C2. The molecule has 0 saturated carbocycles. The van der Waals surface area contributed by atoms with Crippen molar-refractivity contribution in [3.63, 3.8) is 0 Å². The van der Waals surface area contributed by atoms with Crippen LogP contribution < -0.4 is 15.3 Å². The van der Waals surface area contributed by atoms with E-state index in [1.165, 1.54) is 6.92 Å². The Hall–Kier alpha value is -1.70. The third-order valence-electron chi connectivity index (χ3n) is 4.74. The molecule has 1 fully saturated rings. The molecule has 2 aliphatic rings. The lowest BCUT2D eigenvalue weighted by atomic mass is 9.64. The minimum atomic E-state index is -1.06. The lowest BCUT2D eigenvalue weighted by molar-refractivity contribution is -0.118. The molecule has 0 aliphatic carbocycles. The van der Waals surface area contributed by atoms with Crippen LogP contribution in [0.3, 0.4) is 0 Å². The average Bonchev–Trinajstić information content (AvgIpc) is 3.06. The zero-order valence-corrected chi connectivity index (χ0v) is 13.9. The van der Waals surface area contributed by atoms with E-state index in [0.29, 0.717) is 30.3 Å². The molecule has 6 nitrogen and oxygen atoms in total. The van der Waals surface area contributed by atoms with Gasteiger partial charge in [-0.2, -0.15) is 0 Å². The summed E-state index contributed by atoms with van der Waals surface area (Å²) in [5.74, 6) is 0.149. The Morgan fingerprint density at radius 2 is 2.29 bits per heavy atom. The second-order valence-electron chi connectivity index (χ2n) is 6.64. The predicted octanol–water partition coefficient (Wildman–Crippen LogP) is 0.585. The number of ketones is 2. The molecule has 2 heterocycles. The van der Waals surface area contributed by atoms with E-state index in [1.807, 2.05) is 12.1 Å². The quantitative estimate of drug-likeness (QED) is 0.523. The Kier molecular flexibility index (Phi) is 5.33. The summed E-state index contributed by atoms with van der Waals surface area (Å²) in [4.78, 5) is 23.9. The predicted molar refractivity (Wildman–Crippen MR) is 91.4 cm³/mol. The van der Waals surface area contributed by atoms with Gasteiger partial charge in [0.15, 0.2) is 5.78 Å². The van der Waals surface area contributed by atoms with Crippen molar-refractivity contribution in [2.75, 3.05) is 19.6 Å². The second-order valence-corrected chi connectivity index (χ2v) is 6.64. The minimum Gasteiger partial charge on any atom is -0.535 e. The molecule has 1 saturated heterocycles. The molecular weight excluding hydrogens is 307 g/mol. The fraction of sp³-hybridized carbons (Fsp3) is 0.529. The normalized spacial score (nSPS) is 22.8. The number of rotatable bonds is 6. The second kappa shape index (κ2) is 7.46. The Morgan fingerprint density at radius 3 is 3.00 bits per heavy atom. The third-order valence-corrected chi connectivity index (χ3v) is 4.74. The van der Waals surface area contributed by atoms with E-state index < -0.39 is 7.12 Å². The Morgan fingerprint density at radius 1 is 1.46 bits per heavy atom. The first-order valence-corrected chi connectivity index (χ1v) is 8.48. The van der Waals surface area contributed by atoms with Gasteiger partial charge in [0.1, 0.15) is 11.5 Å². The molecule has 3 rings (SSSR count). The van der Waals surface area contributed by atoms with E-state index in [-0.39, 0.29) is 23.8 Å². The number of nitrogens with one attached hydrogen (secondary N) is 2.